The van der Waals surface area contributed by atoms with Crippen molar-refractivity contribution in [2.75, 3.05) is 19.7 Å². The summed E-state index contributed by atoms with van der Waals surface area (Å²) in [4.78, 5) is 27.2. The molecule has 0 aliphatic carbocycles. The first-order valence-electron chi connectivity index (χ1n) is 8.89. The van der Waals surface area contributed by atoms with Gasteiger partial charge in [-0.15, -0.1) is 0 Å². The molecule has 5 nitrogen and oxygen atoms in total. The van der Waals surface area contributed by atoms with Crippen LogP contribution in [0.5, 0.6) is 0 Å². The fourth-order valence-corrected chi connectivity index (χ4v) is 3.23. The second kappa shape index (κ2) is 7.97. The first kappa shape index (κ1) is 18.7. The molecule has 1 aromatic rings. The van der Waals surface area contributed by atoms with Gasteiger partial charge < -0.3 is 14.2 Å². The number of pyridine rings is 1. The van der Waals surface area contributed by atoms with Gasteiger partial charge in [0.25, 0.3) is 11.5 Å². The van der Waals surface area contributed by atoms with Gasteiger partial charge in [0.05, 0.1) is 12.7 Å². The Morgan fingerprint density at radius 2 is 2.08 bits per heavy atom. The lowest BCUT2D eigenvalue weighted by molar-refractivity contribution is -0.0261. The van der Waals surface area contributed by atoms with Gasteiger partial charge in [-0.25, -0.2) is 0 Å². The van der Waals surface area contributed by atoms with E-state index >= 15 is 0 Å². The zero-order chi connectivity index (χ0) is 17.9. The molecule has 24 heavy (non-hydrogen) atoms. The van der Waals surface area contributed by atoms with E-state index in [1.165, 1.54) is 6.42 Å². The molecule has 0 N–H and O–H groups in total. The Labute approximate surface area is 144 Å². The van der Waals surface area contributed by atoms with Crippen LogP contribution in [0.25, 0.3) is 0 Å². The quantitative estimate of drug-likeness (QED) is 0.832. The third kappa shape index (κ3) is 4.26. The van der Waals surface area contributed by atoms with E-state index in [-0.39, 0.29) is 17.6 Å². The van der Waals surface area contributed by atoms with Gasteiger partial charge in [-0.1, -0.05) is 26.7 Å². The van der Waals surface area contributed by atoms with Gasteiger partial charge in [-0.2, -0.15) is 0 Å². The molecule has 0 saturated carbocycles. The van der Waals surface area contributed by atoms with Crippen LogP contribution in [0.3, 0.4) is 0 Å². The summed E-state index contributed by atoms with van der Waals surface area (Å²) < 4.78 is 7.34. The van der Waals surface area contributed by atoms with E-state index in [4.69, 9.17) is 4.74 Å². The lowest BCUT2D eigenvalue weighted by Gasteiger charge is -2.33. The fraction of sp³-hybridized carbons (Fsp3) is 0.684. The minimum atomic E-state index is -0.208. The molecule has 5 heteroatoms. The first-order chi connectivity index (χ1) is 11.3. The number of ether oxygens (including phenoxy) is 1. The Kier molecular flexibility index (Phi) is 6.21. The number of amides is 1. The van der Waals surface area contributed by atoms with Crippen molar-refractivity contribution in [1.82, 2.24) is 9.47 Å². The van der Waals surface area contributed by atoms with Crippen molar-refractivity contribution in [2.24, 2.45) is 13.0 Å². The third-order valence-corrected chi connectivity index (χ3v) is 4.81. The maximum absolute atomic E-state index is 12.9. The highest BCUT2D eigenvalue weighted by Gasteiger charge is 2.27. The van der Waals surface area contributed by atoms with Crippen LogP contribution in [0.15, 0.2) is 10.9 Å². The number of nitrogens with zero attached hydrogens (tertiary/aromatic N) is 2. The Morgan fingerprint density at radius 1 is 1.38 bits per heavy atom. The predicted molar refractivity (Wildman–Crippen MR) is 95.5 cm³/mol. The zero-order valence-electron chi connectivity index (χ0n) is 15.6. The molecule has 1 atom stereocenters. The van der Waals surface area contributed by atoms with Gasteiger partial charge in [0.2, 0.25) is 0 Å². The van der Waals surface area contributed by atoms with E-state index in [1.54, 1.807) is 16.5 Å². The molecule has 2 rings (SSSR count). The lowest BCUT2D eigenvalue weighted by Crippen LogP contribution is -2.47. The summed E-state index contributed by atoms with van der Waals surface area (Å²) in [6.45, 7) is 9.82. The largest absolute Gasteiger partial charge is 0.375 e. The number of hydrogen-bond donors (Lipinski definition) is 0. The fourth-order valence-electron chi connectivity index (χ4n) is 3.23. The first-order valence-corrected chi connectivity index (χ1v) is 8.89. The lowest BCUT2D eigenvalue weighted by atomic mass is 10.0. The monoisotopic (exact) mass is 334 g/mol. The number of morpholine rings is 1. The second-order valence-electron chi connectivity index (χ2n) is 7.28. The zero-order valence-corrected chi connectivity index (χ0v) is 15.6. The summed E-state index contributed by atoms with van der Waals surface area (Å²) in [5, 5.41) is 0. The topological polar surface area (TPSA) is 51.5 Å². The maximum atomic E-state index is 12.9. The molecule has 1 amide bonds. The third-order valence-electron chi connectivity index (χ3n) is 4.81. The second-order valence-corrected chi connectivity index (χ2v) is 7.28. The summed E-state index contributed by atoms with van der Waals surface area (Å²) in [5.74, 6) is 0.523. The van der Waals surface area contributed by atoms with Crippen LogP contribution >= 0.6 is 0 Å². The van der Waals surface area contributed by atoms with E-state index in [2.05, 4.69) is 13.8 Å². The molecule has 1 saturated heterocycles. The van der Waals surface area contributed by atoms with Crippen LogP contribution in [-0.2, 0) is 11.8 Å². The molecule has 1 fully saturated rings. The summed E-state index contributed by atoms with van der Waals surface area (Å²) in [7, 11) is 1.71. The van der Waals surface area contributed by atoms with Crippen LogP contribution in [-0.4, -0.2) is 41.2 Å². The highest BCUT2D eigenvalue weighted by atomic mass is 16.5. The smallest absolute Gasteiger partial charge is 0.263 e. The normalized spacial score (nSPS) is 18.2. The molecular formula is C19H30N2O3. The van der Waals surface area contributed by atoms with Crippen molar-refractivity contribution >= 4 is 5.91 Å². The standard InChI is InChI=1S/C19H30N2O3/c1-13(2)7-6-8-16-12-21(9-10-24-16)19(23)17-14(3)11-15(4)20(5)18(17)22/h11,13,16H,6-10,12H2,1-5H3. The summed E-state index contributed by atoms with van der Waals surface area (Å²) >= 11 is 0. The summed E-state index contributed by atoms with van der Waals surface area (Å²) in [6, 6.07) is 1.90. The minimum Gasteiger partial charge on any atom is -0.375 e. The van der Waals surface area contributed by atoms with E-state index in [0.717, 1.165) is 24.1 Å². The Morgan fingerprint density at radius 3 is 2.75 bits per heavy atom. The molecule has 134 valence electrons. The maximum Gasteiger partial charge on any atom is 0.263 e. The summed E-state index contributed by atoms with van der Waals surface area (Å²) in [5.41, 5.74) is 1.71. The van der Waals surface area contributed by atoms with Crippen molar-refractivity contribution in [3.63, 3.8) is 0 Å². The molecular weight excluding hydrogens is 304 g/mol. The number of hydrogen-bond acceptors (Lipinski definition) is 3. The van der Waals surface area contributed by atoms with Crippen LogP contribution in [0, 0.1) is 19.8 Å². The number of aromatic nitrogens is 1. The van der Waals surface area contributed by atoms with Crippen molar-refractivity contribution in [3.8, 4) is 0 Å². The van der Waals surface area contributed by atoms with E-state index in [0.29, 0.717) is 31.2 Å². The molecule has 1 unspecified atom stereocenters. The highest BCUT2D eigenvalue weighted by molar-refractivity contribution is 5.95. The van der Waals surface area contributed by atoms with Crippen molar-refractivity contribution in [2.45, 2.75) is 53.1 Å². The predicted octanol–water partition coefficient (Wildman–Crippen LogP) is 2.67. The number of aryl methyl sites for hydroxylation is 2. The van der Waals surface area contributed by atoms with Gasteiger partial charge >= 0.3 is 0 Å². The van der Waals surface area contributed by atoms with Crippen LogP contribution in [0.1, 0.15) is 54.7 Å². The van der Waals surface area contributed by atoms with Crippen LogP contribution in [0.4, 0.5) is 0 Å². The van der Waals surface area contributed by atoms with Gasteiger partial charge in [-0.05, 0) is 37.8 Å². The van der Waals surface area contributed by atoms with Gasteiger partial charge in [0.1, 0.15) is 5.56 Å². The minimum absolute atomic E-state index is 0.0797. The van der Waals surface area contributed by atoms with Gasteiger partial charge in [0.15, 0.2) is 0 Å². The molecule has 0 bridgehead atoms. The van der Waals surface area contributed by atoms with E-state index < -0.39 is 0 Å². The van der Waals surface area contributed by atoms with Crippen molar-refractivity contribution in [1.29, 1.82) is 0 Å². The Balaban J connectivity index is 2.10. The van der Waals surface area contributed by atoms with Gasteiger partial charge in [-0.3, -0.25) is 9.59 Å². The summed E-state index contributed by atoms with van der Waals surface area (Å²) in [6.07, 6.45) is 3.32. The average molecular weight is 334 g/mol. The Bertz CT molecular complexity index is 649. The number of carbonyl (C=O) groups is 1. The van der Waals surface area contributed by atoms with E-state index in [1.807, 2.05) is 19.9 Å². The van der Waals surface area contributed by atoms with E-state index in [9.17, 15) is 9.59 Å². The van der Waals surface area contributed by atoms with Crippen molar-refractivity contribution in [3.05, 3.63) is 33.2 Å². The molecule has 0 spiro atoms. The molecule has 1 aliphatic rings. The number of rotatable bonds is 5. The highest BCUT2D eigenvalue weighted by Crippen LogP contribution is 2.17. The molecule has 1 aromatic heterocycles. The molecule has 0 radical (unpaired) electrons. The van der Waals surface area contributed by atoms with Gasteiger partial charge in [0, 0.05) is 25.8 Å². The Hall–Kier alpha value is -1.62. The van der Waals surface area contributed by atoms with Crippen LogP contribution < -0.4 is 5.56 Å². The van der Waals surface area contributed by atoms with Crippen LogP contribution in [0.2, 0.25) is 0 Å². The molecule has 1 aliphatic heterocycles. The SMILES string of the molecule is Cc1cc(C)n(C)c(=O)c1C(=O)N1CCOC(CCCC(C)C)C1. The number of carbonyl (C=O) groups excluding carboxylic acids is 1. The molecule has 0 aromatic carbocycles. The molecule has 2 heterocycles. The van der Waals surface area contributed by atoms with Crippen molar-refractivity contribution < 1.29 is 9.53 Å². The average Bonchev–Trinajstić information content (AvgIpc) is 2.52.